The molecule has 2 nitrogen and oxygen atoms in total. The van der Waals surface area contributed by atoms with Crippen molar-refractivity contribution in [1.29, 1.82) is 0 Å². The van der Waals surface area contributed by atoms with E-state index in [2.05, 4.69) is 38.7 Å². The SMILES string of the molecule is CCCC/C(Cl)=C(\S(=O)OCCCc1ccccc1)[Si](C)(C)C. The summed E-state index contributed by atoms with van der Waals surface area (Å²) in [5.74, 6) is 0. The van der Waals surface area contributed by atoms with Crippen LogP contribution in [0.15, 0.2) is 39.9 Å². The van der Waals surface area contributed by atoms with Crippen molar-refractivity contribution in [3.8, 4) is 0 Å². The number of aryl methyl sites for hydroxylation is 1. The van der Waals surface area contributed by atoms with E-state index in [9.17, 15) is 4.21 Å². The van der Waals surface area contributed by atoms with Crippen LogP contribution in [0, 0.1) is 0 Å². The number of hydrogen-bond donors (Lipinski definition) is 0. The molecule has 0 saturated carbocycles. The lowest BCUT2D eigenvalue weighted by molar-refractivity contribution is 0.343. The predicted molar refractivity (Wildman–Crippen MR) is 105 cm³/mol. The first-order valence-electron chi connectivity index (χ1n) is 8.34. The third-order valence-electron chi connectivity index (χ3n) is 3.49. The van der Waals surface area contributed by atoms with E-state index in [0.29, 0.717) is 6.61 Å². The van der Waals surface area contributed by atoms with Crippen LogP contribution in [0.25, 0.3) is 0 Å². The molecule has 23 heavy (non-hydrogen) atoms. The van der Waals surface area contributed by atoms with E-state index < -0.39 is 19.2 Å². The van der Waals surface area contributed by atoms with Gasteiger partial charge in [0.2, 0.25) is 0 Å². The number of allylic oxidation sites excluding steroid dienone is 1. The summed E-state index contributed by atoms with van der Waals surface area (Å²) in [7, 11) is -1.76. The highest BCUT2D eigenvalue weighted by Gasteiger charge is 2.28. The molecule has 1 aromatic carbocycles. The molecule has 130 valence electrons. The van der Waals surface area contributed by atoms with Crippen molar-refractivity contribution in [2.75, 3.05) is 6.61 Å². The monoisotopic (exact) mass is 372 g/mol. The molecule has 0 radical (unpaired) electrons. The van der Waals surface area contributed by atoms with Crippen LogP contribution in [0.2, 0.25) is 19.6 Å². The fourth-order valence-corrected chi connectivity index (χ4v) is 7.27. The molecule has 1 atom stereocenters. The van der Waals surface area contributed by atoms with Gasteiger partial charge in [-0.05, 0) is 31.2 Å². The summed E-state index contributed by atoms with van der Waals surface area (Å²) >= 11 is 5.05. The second-order valence-corrected chi connectivity index (χ2v) is 13.7. The summed E-state index contributed by atoms with van der Waals surface area (Å²) < 4.78 is 19.1. The molecular weight excluding hydrogens is 344 g/mol. The second kappa shape index (κ2) is 10.4. The summed E-state index contributed by atoms with van der Waals surface area (Å²) in [6.07, 6.45) is 4.71. The third-order valence-corrected chi connectivity index (χ3v) is 9.10. The molecule has 0 N–H and O–H groups in total. The molecule has 5 heteroatoms. The van der Waals surface area contributed by atoms with Crippen LogP contribution in [-0.4, -0.2) is 18.9 Å². The molecule has 0 aliphatic carbocycles. The molecular formula is C18H29ClO2SSi. The van der Waals surface area contributed by atoms with Crippen molar-refractivity contribution in [3.63, 3.8) is 0 Å². The molecule has 0 bridgehead atoms. The molecule has 0 aromatic heterocycles. The molecule has 0 aliphatic rings. The lowest BCUT2D eigenvalue weighted by atomic mass is 10.1. The fraction of sp³-hybridized carbons (Fsp3) is 0.556. The van der Waals surface area contributed by atoms with Crippen molar-refractivity contribution >= 4 is 30.8 Å². The van der Waals surface area contributed by atoms with Crippen LogP contribution in [0.4, 0.5) is 0 Å². The Kier molecular flexibility index (Phi) is 9.36. The molecule has 0 saturated heterocycles. The van der Waals surface area contributed by atoms with Crippen LogP contribution >= 0.6 is 11.6 Å². The molecule has 1 aromatic rings. The van der Waals surface area contributed by atoms with Crippen molar-refractivity contribution in [2.45, 2.75) is 58.7 Å². The van der Waals surface area contributed by atoms with E-state index in [1.807, 2.05) is 18.2 Å². The van der Waals surface area contributed by atoms with Gasteiger partial charge in [0, 0.05) is 9.56 Å². The van der Waals surface area contributed by atoms with Gasteiger partial charge in [-0.25, -0.2) is 4.21 Å². The highest BCUT2D eigenvalue weighted by Crippen LogP contribution is 2.28. The second-order valence-electron chi connectivity index (χ2n) is 6.73. The Morgan fingerprint density at radius 1 is 1.17 bits per heavy atom. The van der Waals surface area contributed by atoms with Gasteiger partial charge in [0.15, 0.2) is 11.1 Å². The largest absolute Gasteiger partial charge is 0.287 e. The third kappa shape index (κ3) is 7.79. The van der Waals surface area contributed by atoms with E-state index in [-0.39, 0.29) is 0 Å². The average molecular weight is 373 g/mol. The van der Waals surface area contributed by atoms with Crippen LogP contribution in [-0.2, 0) is 21.7 Å². The van der Waals surface area contributed by atoms with Gasteiger partial charge in [0.25, 0.3) is 0 Å². The Morgan fingerprint density at radius 2 is 1.83 bits per heavy atom. The van der Waals surface area contributed by atoms with E-state index >= 15 is 0 Å². The maximum absolute atomic E-state index is 12.6. The quantitative estimate of drug-likeness (QED) is 0.382. The number of hydrogen-bond acceptors (Lipinski definition) is 2. The van der Waals surface area contributed by atoms with Gasteiger partial charge in [0.05, 0.1) is 14.7 Å². The average Bonchev–Trinajstić information content (AvgIpc) is 2.49. The van der Waals surface area contributed by atoms with Gasteiger partial charge in [-0.1, -0.05) is 74.9 Å². The molecule has 0 heterocycles. The first-order valence-corrected chi connectivity index (χ1v) is 13.3. The van der Waals surface area contributed by atoms with Gasteiger partial charge in [0.1, 0.15) is 0 Å². The van der Waals surface area contributed by atoms with Gasteiger partial charge < -0.3 is 0 Å². The Hall–Kier alpha value is -0.423. The number of unbranched alkanes of at least 4 members (excludes halogenated alkanes) is 1. The zero-order chi connectivity index (χ0) is 17.3. The predicted octanol–water partition coefficient (Wildman–Crippen LogP) is 5.82. The highest BCUT2D eigenvalue weighted by molar-refractivity contribution is 7.87. The van der Waals surface area contributed by atoms with Crippen LogP contribution in [0.3, 0.4) is 0 Å². The molecule has 0 amide bonds. The zero-order valence-corrected chi connectivity index (χ0v) is 17.3. The Balaban J connectivity index is 2.57. The zero-order valence-electron chi connectivity index (χ0n) is 14.7. The summed E-state index contributed by atoms with van der Waals surface area (Å²) in [6, 6.07) is 10.3. The topological polar surface area (TPSA) is 26.3 Å². The van der Waals surface area contributed by atoms with Crippen LogP contribution in [0.1, 0.15) is 38.2 Å². The van der Waals surface area contributed by atoms with Crippen molar-refractivity contribution in [2.24, 2.45) is 0 Å². The minimum atomic E-state index is -1.76. The molecule has 1 rings (SSSR count). The lowest BCUT2D eigenvalue weighted by Gasteiger charge is -2.21. The Labute approximate surface area is 150 Å². The first-order chi connectivity index (χ1) is 10.9. The Bertz CT molecular complexity index is 524. The van der Waals surface area contributed by atoms with Gasteiger partial charge >= 0.3 is 0 Å². The van der Waals surface area contributed by atoms with E-state index in [1.54, 1.807) is 0 Å². The number of rotatable bonds is 10. The van der Waals surface area contributed by atoms with Crippen molar-refractivity contribution in [3.05, 3.63) is 45.5 Å². The summed E-state index contributed by atoms with van der Waals surface area (Å²) in [4.78, 5) is 0. The maximum atomic E-state index is 12.6. The highest BCUT2D eigenvalue weighted by atomic mass is 35.5. The molecule has 1 unspecified atom stereocenters. The number of benzene rings is 1. The van der Waals surface area contributed by atoms with Gasteiger partial charge in [-0.3, -0.25) is 4.18 Å². The van der Waals surface area contributed by atoms with Gasteiger partial charge in [-0.2, -0.15) is 0 Å². The van der Waals surface area contributed by atoms with E-state index in [4.69, 9.17) is 15.8 Å². The van der Waals surface area contributed by atoms with Crippen LogP contribution < -0.4 is 0 Å². The van der Waals surface area contributed by atoms with Crippen LogP contribution in [0.5, 0.6) is 0 Å². The fourth-order valence-electron chi connectivity index (χ4n) is 2.31. The van der Waals surface area contributed by atoms with Gasteiger partial charge in [-0.15, -0.1) is 0 Å². The smallest absolute Gasteiger partial charge is 0.181 e. The maximum Gasteiger partial charge on any atom is 0.181 e. The Morgan fingerprint density at radius 3 is 2.39 bits per heavy atom. The summed E-state index contributed by atoms with van der Waals surface area (Å²) in [6.45, 7) is 9.13. The van der Waals surface area contributed by atoms with E-state index in [0.717, 1.165) is 41.7 Å². The molecule has 0 fully saturated rings. The minimum absolute atomic E-state index is 0.493. The summed E-state index contributed by atoms with van der Waals surface area (Å²) in [5, 5.41) is 0.757. The molecule has 0 aliphatic heterocycles. The van der Waals surface area contributed by atoms with Crippen molar-refractivity contribution in [1.82, 2.24) is 0 Å². The standard InChI is InChI=1S/C18H29ClO2SSi/c1-5-6-14-17(19)18(23(2,3)4)22(20)21-15-10-13-16-11-8-7-9-12-16/h7-9,11-12H,5-6,10,13-15H2,1-4H3/b18-17-. The number of halogens is 1. The normalized spacial score (nSPS) is 14.5. The lowest BCUT2D eigenvalue weighted by Crippen LogP contribution is -2.29. The molecule has 0 spiro atoms. The van der Waals surface area contributed by atoms with Crippen molar-refractivity contribution < 1.29 is 8.39 Å². The minimum Gasteiger partial charge on any atom is -0.287 e. The van der Waals surface area contributed by atoms with E-state index in [1.165, 1.54) is 5.56 Å². The first kappa shape index (κ1) is 20.6. The summed E-state index contributed by atoms with van der Waals surface area (Å²) in [5.41, 5.74) is 1.28.